The van der Waals surface area contributed by atoms with Crippen LogP contribution >= 0.6 is 11.3 Å². The van der Waals surface area contributed by atoms with Crippen LogP contribution < -0.4 is 10.1 Å². The van der Waals surface area contributed by atoms with E-state index in [9.17, 15) is 4.79 Å². The number of carbonyl (C=O) groups excluding carboxylic acids is 1. The molecule has 0 aliphatic carbocycles. The number of nitrogens with zero attached hydrogens (tertiary/aromatic N) is 1. The molecule has 1 aromatic heterocycles. The van der Waals surface area contributed by atoms with Crippen LogP contribution in [0.15, 0.2) is 54.7 Å². The first-order valence-electron chi connectivity index (χ1n) is 8.16. The molecule has 0 bridgehead atoms. The number of amides is 1. The molecule has 128 valence electrons. The summed E-state index contributed by atoms with van der Waals surface area (Å²) in [6.07, 6.45) is 3.67. The number of thiazole rings is 1. The maximum absolute atomic E-state index is 12.4. The summed E-state index contributed by atoms with van der Waals surface area (Å²) < 4.78 is 5.23. The molecular weight excluding hydrogens is 332 g/mol. The molecule has 5 heteroatoms. The van der Waals surface area contributed by atoms with Gasteiger partial charge >= 0.3 is 0 Å². The molecule has 2 aromatic carbocycles. The van der Waals surface area contributed by atoms with Crippen molar-refractivity contribution < 1.29 is 9.53 Å². The van der Waals surface area contributed by atoms with Gasteiger partial charge in [0.15, 0.2) is 5.13 Å². The fourth-order valence-electron chi connectivity index (χ4n) is 2.54. The Morgan fingerprint density at radius 2 is 1.84 bits per heavy atom. The minimum atomic E-state index is -0.217. The van der Waals surface area contributed by atoms with Crippen LogP contribution in [-0.4, -0.2) is 18.0 Å². The van der Waals surface area contributed by atoms with Crippen LogP contribution in [0, 0.1) is 0 Å². The van der Waals surface area contributed by atoms with Crippen molar-refractivity contribution >= 4 is 22.4 Å². The zero-order valence-corrected chi connectivity index (χ0v) is 15.1. The first-order chi connectivity index (χ1) is 12.2. The third-order valence-electron chi connectivity index (χ3n) is 3.94. The molecule has 1 heterocycles. The van der Waals surface area contributed by atoms with E-state index in [1.807, 2.05) is 18.3 Å². The quantitative estimate of drug-likeness (QED) is 0.708. The summed E-state index contributed by atoms with van der Waals surface area (Å²) in [5.74, 6) is 0.332. The molecular formula is C20H20N2O2S. The summed E-state index contributed by atoms with van der Waals surface area (Å²) in [5.41, 5.74) is 3.07. The van der Waals surface area contributed by atoms with Gasteiger partial charge in [-0.2, -0.15) is 0 Å². The minimum Gasteiger partial charge on any atom is -0.496 e. The van der Waals surface area contributed by atoms with Crippen LogP contribution in [-0.2, 0) is 12.8 Å². The van der Waals surface area contributed by atoms with Gasteiger partial charge in [0.05, 0.1) is 12.7 Å². The number of hydrogen-bond donors (Lipinski definition) is 1. The van der Waals surface area contributed by atoms with Gasteiger partial charge in [-0.25, -0.2) is 4.98 Å². The van der Waals surface area contributed by atoms with Gasteiger partial charge in [-0.05, 0) is 29.7 Å². The van der Waals surface area contributed by atoms with E-state index in [4.69, 9.17) is 4.74 Å². The van der Waals surface area contributed by atoms with Crippen molar-refractivity contribution in [2.24, 2.45) is 0 Å². The van der Waals surface area contributed by atoms with Crippen molar-refractivity contribution in [3.8, 4) is 5.75 Å². The second-order valence-electron chi connectivity index (χ2n) is 5.63. The summed E-state index contributed by atoms with van der Waals surface area (Å²) in [6.45, 7) is 2.15. The van der Waals surface area contributed by atoms with Crippen molar-refractivity contribution in [3.63, 3.8) is 0 Å². The summed E-state index contributed by atoms with van der Waals surface area (Å²) in [6, 6.07) is 15.7. The van der Waals surface area contributed by atoms with Crippen molar-refractivity contribution in [2.45, 2.75) is 19.8 Å². The summed E-state index contributed by atoms with van der Waals surface area (Å²) in [4.78, 5) is 17.8. The lowest BCUT2D eigenvalue weighted by molar-refractivity contribution is 0.102. The predicted molar refractivity (Wildman–Crippen MR) is 102 cm³/mol. The maximum Gasteiger partial charge on any atom is 0.261 e. The molecule has 0 spiro atoms. The van der Waals surface area contributed by atoms with Gasteiger partial charge in [0, 0.05) is 17.5 Å². The van der Waals surface area contributed by atoms with Gasteiger partial charge in [-0.15, -0.1) is 11.3 Å². The Bertz CT molecular complexity index is 856. The number of aromatic nitrogens is 1. The highest BCUT2D eigenvalue weighted by molar-refractivity contribution is 7.15. The number of anilines is 1. The van der Waals surface area contributed by atoms with Gasteiger partial charge in [0.25, 0.3) is 5.91 Å². The smallest absolute Gasteiger partial charge is 0.261 e. The topological polar surface area (TPSA) is 51.2 Å². The van der Waals surface area contributed by atoms with E-state index in [0.717, 1.165) is 17.7 Å². The van der Waals surface area contributed by atoms with Gasteiger partial charge in [-0.3, -0.25) is 10.1 Å². The molecule has 4 nitrogen and oxygen atoms in total. The van der Waals surface area contributed by atoms with Crippen LogP contribution in [0.5, 0.6) is 5.75 Å². The van der Waals surface area contributed by atoms with Crippen LogP contribution in [0.2, 0.25) is 0 Å². The summed E-state index contributed by atoms with van der Waals surface area (Å²) in [7, 11) is 1.55. The van der Waals surface area contributed by atoms with E-state index < -0.39 is 0 Å². The van der Waals surface area contributed by atoms with Crippen LogP contribution in [0.4, 0.5) is 5.13 Å². The molecule has 0 fully saturated rings. The van der Waals surface area contributed by atoms with Crippen LogP contribution in [0.25, 0.3) is 0 Å². The van der Waals surface area contributed by atoms with E-state index in [-0.39, 0.29) is 5.91 Å². The van der Waals surface area contributed by atoms with Gasteiger partial charge in [0.2, 0.25) is 0 Å². The molecule has 3 rings (SSSR count). The lowest BCUT2D eigenvalue weighted by atomic mass is 10.1. The molecule has 1 amide bonds. The minimum absolute atomic E-state index is 0.217. The zero-order chi connectivity index (χ0) is 17.6. The Kier molecular flexibility index (Phi) is 5.46. The van der Waals surface area contributed by atoms with Crippen LogP contribution in [0.1, 0.15) is 33.3 Å². The van der Waals surface area contributed by atoms with Gasteiger partial charge < -0.3 is 4.74 Å². The number of aryl methyl sites for hydroxylation is 1. The number of ether oxygens (including phenoxy) is 1. The van der Waals surface area contributed by atoms with Gasteiger partial charge in [-0.1, -0.05) is 43.3 Å². The fraction of sp³-hybridized carbons (Fsp3) is 0.200. The number of benzene rings is 2. The standard InChI is InChI=1S/C20H20N2O2S/c1-3-14-8-10-15(11-9-14)12-16-13-21-20(25-16)22-19(23)17-6-4-5-7-18(17)24-2/h4-11,13H,3,12H2,1-2H3,(H,21,22,23). The van der Waals surface area contributed by atoms with Crippen LogP contribution in [0.3, 0.4) is 0 Å². The molecule has 0 radical (unpaired) electrons. The largest absolute Gasteiger partial charge is 0.496 e. The molecule has 3 aromatic rings. The molecule has 0 saturated carbocycles. The maximum atomic E-state index is 12.4. The molecule has 0 aliphatic rings. The van der Waals surface area contributed by atoms with Crippen molar-refractivity contribution in [1.82, 2.24) is 4.98 Å². The Labute approximate surface area is 151 Å². The number of carbonyl (C=O) groups is 1. The number of methoxy groups -OCH3 is 1. The summed E-state index contributed by atoms with van der Waals surface area (Å²) >= 11 is 1.49. The van der Waals surface area contributed by atoms with E-state index in [2.05, 4.69) is 41.5 Å². The number of para-hydroxylation sites is 1. The first kappa shape index (κ1) is 17.2. The number of nitrogens with one attached hydrogen (secondary N) is 1. The monoisotopic (exact) mass is 352 g/mol. The SMILES string of the molecule is CCc1ccc(Cc2cnc(NC(=O)c3ccccc3OC)s2)cc1. The third kappa shape index (κ3) is 4.25. The number of hydrogen-bond acceptors (Lipinski definition) is 4. The Balaban J connectivity index is 1.67. The number of rotatable bonds is 6. The first-order valence-corrected chi connectivity index (χ1v) is 8.98. The second-order valence-corrected chi connectivity index (χ2v) is 6.75. The highest BCUT2D eigenvalue weighted by Gasteiger charge is 2.13. The lowest BCUT2D eigenvalue weighted by Gasteiger charge is -2.07. The molecule has 0 atom stereocenters. The molecule has 25 heavy (non-hydrogen) atoms. The van der Waals surface area contributed by atoms with Crippen molar-refractivity contribution in [3.05, 3.63) is 76.3 Å². The lowest BCUT2D eigenvalue weighted by Crippen LogP contribution is -2.12. The van der Waals surface area contributed by atoms with E-state index in [1.54, 1.807) is 19.2 Å². The Hall–Kier alpha value is -2.66. The van der Waals surface area contributed by atoms with E-state index >= 15 is 0 Å². The van der Waals surface area contributed by atoms with E-state index in [1.165, 1.54) is 22.5 Å². The van der Waals surface area contributed by atoms with Gasteiger partial charge in [0.1, 0.15) is 5.75 Å². The predicted octanol–water partition coefficient (Wildman–Crippen LogP) is 4.56. The normalized spacial score (nSPS) is 10.5. The second kappa shape index (κ2) is 7.94. The summed E-state index contributed by atoms with van der Waals surface area (Å²) in [5, 5.41) is 3.44. The molecule has 0 aliphatic heterocycles. The highest BCUT2D eigenvalue weighted by Crippen LogP contribution is 2.24. The molecule has 0 saturated heterocycles. The van der Waals surface area contributed by atoms with Crippen molar-refractivity contribution in [2.75, 3.05) is 12.4 Å². The van der Waals surface area contributed by atoms with Crippen molar-refractivity contribution in [1.29, 1.82) is 0 Å². The Morgan fingerprint density at radius 3 is 2.56 bits per heavy atom. The zero-order valence-electron chi connectivity index (χ0n) is 14.3. The van der Waals surface area contributed by atoms with E-state index in [0.29, 0.717) is 16.4 Å². The molecule has 1 N–H and O–H groups in total. The molecule has 0 unspecified atom stereocenters. The average Bonchev–Trinajstić information content (AvgIpc) is 3.09. The highest BCUT2D eigenvalue weighted by atomic mass is 32.1. The average molecular weight is 352 g/mol. The Morgan fingerprint density at radius 1 is 1.12 bits per heavy atom. The fourth-order valence-corrected chi connectivity index (χ4v) is 3.38. The third-order valence-corrected chi connectivity index (χ3v) is 4.85.